The summed E-state index contributed by atoms with van der Waals surface area (Å²) in [5, 5.41) is 0. The van der Waals surface area contributed by atoms with Gasteiger partial charge in [-0.25, -0.2) is 15.0 Å². The van der Waals surface area contributed by atoms with Crippen LogP contribution < -0.4 is 9.80 Å². The van der Waals surface area contributed by atoms with Crippen LogP contribution in [0.3, 0.4) is 0 Å². The van der Waals surface area contributed by atoms with E-state index in [1.807, 2.05) is 24.4 Å². The lowest BCUT2D eigenvalue weighted by Crippen LogP contribution is -2.47. The van der Waals surface area contributed by atoms with Crippen LogP contribution >= 0.6 is 0 Å². The molecule has 3 rings (SSSR count). The van der Waals surface area contributed by atoms with E-state index in [0.717, 1.165) is 43.5 Å². The second kappa shape index (κ2) is 5.69. The molecule has 5 heteroatoms. The average molecular weight is 267 g/mol. The van der Waals surface area contributed by atoms with E-state index in [2.05, 4.69) is 31.3 Å². The molecule has 0 unspecified atom stereocenters. The lowest BCUT2D eigenvalue weighted by atomic mass is 10.3. The monoisotopic (exact) mass is 267 g/mol. The first-order valence-corrected chi connectivity index (χ1v) is 6.72. The maximum absolute atomic E-state index is 4.39. The number of hydrogen-bond acceptors (Lipinski definition) is 5. The highest BCUT2D eigenvalue weighted by Crippen LogP contribution is 2.15. The van der Waals surface area contributed by atoms with Crippen molar-refractivity contribution in [3.63, 3.8) is 0 Å². The summed E-state index contributed by atoms with van der Waals surface area (Å²) in [7, 11) is 0. The van der Waals surface area contributed by atoms with Crippen molar-refractivity contribution in [3.8, 4) is 0 Å². The smallest absolute Gasteiger partial charge is 0.225 e. The first-order valence-electron chi connectivity index (χ1n) is 6.72. The Morgan fingerprint density at radius 2 is 1.65 bits per heavy atom. The van der Waals surface area contributed by atoms with Crippen LogP contribution in [0.25, 0.3) is 6.08 Å². The van der Waals surface area contributed by atoms with Crippen LogP contribution in [0.15, 0.2) is 43.4 Å². The molecule has 102 valence electrons. The number of pyridine rings is 1. The topological polar surface area (TPSA) is 45.2 Å². The van der Waals surface area contributed by atoms with Crippen molar-refractivity contribution in [2.24, 2.45) is 0 Å². The molecule has 5 nitrogen and oxygen atoms in total. The Kier molecular flexibility index (Phi) is 3.58. The van der Waals surface area contributed by atoms with Crippen LogP contribution in [0.4, 0.5) is 11.8 Å². The minimum Gasteiger partial charge on any atom is -0.353 e. The quantitative estimate of drug-likeness (QED) is 0.849. The average Bonchev–Trinajstić information content (AvgIpc) is 2.56. The Hall–Kier alpha value is -2.43. The second-order valence-corrected chi connectivity index (χ2v) is 4.68. The Labute approximate surface area is 118 Å². The minimum absolute atomic E-state index is 0.788. The first kappa shape index (κ1) is 12.6. The molecule has 0 aliphatic carbocycles. The third-order valence-corrected chi connectivity index (χ3v) is 3.43. The highest BCUT2D eigenvalue weighted by Gasteiger charge is 2.19. The first-order chi connectivity index (χ1) is 9.86. The summed E-state index contributed by atoms with van der Waals surface area (Å²) in [6, 6.07) is 6.01. The summed E-state index contributed by atoms with van der Waals surface area (Å²) in [6.07, 6.45) is 7.20. The summed E-state index contributed by atoms with van der Waals surface area (Å²) in [5.74, 6) is 1.83. The Morgan fingerprint density at radius 1 is 0.950 bits per heavy atom. The van der Waals surface area contributed by atoms with E-state index in [1.54, 1.807) is 18.5 Å². The van der Waals surface area contributed by atoms with Gasteiger partial charge in [-0.1, -0.05) is 18.7 Å². The van der Waals surface area contributed by atoms with Gasteiger partial charge >= 0.3 is 0 Å². The van der Waals surface area contributed by atoms with Crippen molar-refractivity contribution >= 4 is 17.8 Å². The van der Waals surface area contributed by atoms with Crippen molar-refractivity contribution < 1.29 is 0 Å². The highest BCUT2D eigenvalue weighted by atomic mass is 15.3. The Balaban J connectivity index is 1.64. The predicted octanol–water partition coefficient (Wildman–Crippen LogP) is 1.84. The van der Waals surface area contributed by atoms with E-state index in [4.69, 9.17) is 0 Å². The standard InChI is InChI=1S/C15H17N5/c1-2-13-11-17-15(18-12-13)20-9-7-19(8-10-20)14-5-3-4-6-16-14/h2-6,11-12H,1,7-10H2. The van der Waals surface area contributed by atoms with Crippen LogP contribution in [-0.4, -0.2) is 41.1 Å². The lowest BCUT2D eigenvalue weighted by molar-refractivity contribution is 0.634. The van der Waals surface area contributed by atoms with E-state index in [0.29, 0.717) is 0 Å². The van der Waals surface area contributed by atoms with Crippen molar-refractivity contribution in [3.05, 3.63) is 48.9 Å². The van der Waals surface area contributed by atoms with Gasteiger partial charge in [0, 0.05) is 50.3 Å². The Bertz CT molecular complexity index is 559. The normalized spacial score (nSPS) is 15.2. The summed E-state index contributed by atoms with van der Waals surface area (Å²) in [5.41, 5.74) is 0.945. The highest BCUT2D eigenvalue weighted by molar-refractivity contribution is 5.46. The van der Waals surface area contributed by atoms with E-state index in [1.165, 1.54) is 0 Å². The van der Waals surface area contributed by atoms with Gasteiger partial charge in [0.15, 0.2) is 0 Å². The molecule has 0 saturated carbocycles. The van der Waals surface area contributed by atoms with Crippen molar-refractivity contribution in [2.45, 2.75) is 0 Å². The van der Waals surface area contributed by atoms with Crippen LogP contribution in [0.2, 0.25) is 0 Å². The maximum Gasteiger partial charge on any atom is 0.225 e. The van der Waals surface area contributed by atoms with Gasteiger partial charge in [-0.15, -0.1) is 0 Å². The number of hydrogen-bond donors (Lipinski definition) is 0. The number of rotatable bonds is 3. The van der Waals surface area contributed by atoms with Gasteiger partial charge in [-0.3, -0.25) is 0 Å². The molecule has 1 fully saturated rings. The lowest BCUT2D eigenvalue weighted by Gasteiger charge is -2.35. The van der Waals surface area contributed by atoms with Gasteiger partial charge in [-0.05, 0) is 12.1 Å². The molecule has 1 aliphatic rings. The third-order valence-electron chi connectivity index (χ3n) is 3.43. The summed E-state index contributed by atoms with van der Waals surface area (Å²) in [6.45, 7) is 7.39. The van der Waals surface area contributed by atoms with E-state index in [9.17, 15) is 0 Å². The van der Waals surface area contributed by atoms with Crippen LogP contribution in [0, 0.1) is 0 Å². The van der Waals surface area contributed by atoms with Gasteiger partial charge in [0.05, 0.1) is 0 Å². The molecule has 0 spiro atoms. The van der Waals surface area contributed by atoms with Crippen LogP contribution in [0.1, 0.15) is 5.56 Å². The molecule has 20 heavy (non-hydrogen) atoms. The minimum atomic E-state index is 0.788. The third kappa shape index (κ3) is 2.61. The molecular formula is C15H17N5. The number of nitrogens with zero attached hydrogens (tertiary/aromatic N) is 5. The summed E-state index contributed by atoms with van der Waals surface area (Å²) in [4.78, 5) is 17.6. The molecule has 0 amide bonds. The molecule has 1 saturated heterocycles. The molecule has 0 bridgehead atoms. The zero-order chi connectivity index (χ0) is 13.8. The molecule has 1 aliphatic heterocycles. The molecule has 0 atom stereocenters. The zero-order valence-electron chi connectivity index (χ0n) is 11.3. The fraction of sp³-hybridized carbons (Fsp3) is 0.267. The molecule has 3 heterocycles. The fourth-order valence-corrected chi connectivity index (χ4v) is 2.28. The number of anilines is 2. The van der Waals surface area contributed by atoms with E-state index < -0.39 is 0 Å². The second-order valence-electron chi connectivity index (χ2n) is 4.68. The van der Waals surface area contributed by atoms with Crippen molar-refractivity contribution in [1.29, 1.82) is 0 Å². The molecular weight excluding hydrogens is 250 g/mol. The zero-order valence-corrected chi connectivity index (χ0v) is 11.3. The van der Waals surface area contributed by atoms with Gasteiger partial charge in [-0.2, -0.15) is 0 Å². The fourth-order valence-electron chi connectivity index (χ4n) is 2.28. The van der Waals surface area contributed by atoms with Gasteiger partial charge < -0.3 is 9.80 Å². The van der Waals surface area contributed by atoms with Gasteiger partial charge in [0.25, 0.3) is 0 Å². The largest absolute Gasteiger partial charge is 0.353 e. The number of piperazine rings is 1. The Morgan fingerprint density at radius 3 is 2.25 bits per heavy atom. The molecule has 0 N–H and O–H groups in total. The van der Waals surface area contributed by atoms with Crippen LogP contribution in [-0.2, 0) is 0 Å². The molecule has 0 radical (unpaired) electrons. The summed E-state index contributed by atoms with van der Waals surface area (Å²) < 4.78 is 0. The van der Waals surface area contributed by atoms with E-state index >= 15 is 0 Å². The molecule has 2 aromatic rings. The van der Waals surface area contributed by atoms with Gasteiger partial charge in [0.1, 0.15) is 5.82 Å². The molecule has 2 aromatic heterocycles. The molecule has 0 aromatic carbocycles. The predicted molar refractivity (Wildman–Crippen MR) is 80.8 cm³/mol. The maximum atomic E-state index is 4.39. The number of aromatic nitrogens is 3. The van der Waals surface area contributed by atoms with Crippen LogP contribution in [0.5, 0.6) is 0 Å². The summed E-state index contributed by atoms with van der Waals surface area (Å²) >= 11 is 0. The van der Waals surface area contributed by atoms with E-state index in [-0.39, 0.29) is 0 Å². The SMILES string of the molecule is C=Cc1cnc(N2CCN(c3ccccn3)CC2)nc1. The van der Waals surface area contributed by atoms with Crippen molar-refractivity contribution in [1.82, 2.24) is 15.0 Å². The van der Waals surface area contributed by atoms with Gasteiger partial charge in [0.2, 0.25) is 5.95 Å². The van der Waals surface area contributed by atoms with Crippen molar-refractivity contribution in [2.75, 3.05) is 36.0 Å².